The number of Topliss-reactive ketones (excluding diaryl/α,β-unsaturated/α-hetero) is 1. The van der Waals surface area contributed by atoms with Crippen molar-refractivity contribution in [3.63, 3.8) is 0 Å². The third kappa shape index (κ3) is 1.43. The first-order valence-corrected chi connectivity index (χ1v) is 4.05. The van der Waals surface area contributed by atoms with E-state index in [0.717, 1.165) is 10.9 Å². The van der Waals surface area contributed by atoms with Crippen LogP contribution in [0, 0.1) is 6.07 Å². The molecule has 0 amide bonds. The van der Waals surface area contributed by atoms with E-state index in [9.17, 15) is 4.79 Å². The third-order valence-electron chi connectivity index (χ3n) is 1.89. The molecule has 0 aliphatic carbocycles. The van der Waals surface area contributed by atoms with Gasteiger partial charge in [0.15, 0.2) is 5.78 Å². The van der Waals surface area contributed by atoms with Crippen molar-refractivity contribution in [3.8, 4) is 0 Å². The van der Waals surface area contributed by atoms with Gasteiger partial charge < -0.3 is 0 Å². The molecule has 0 aliphatic heterocycles. The topological polar surface area (TPSA) is 30.0 Å². The summed E-state index contributed by atoms with van der Waals surface area (Å²) in [4.78, 5) is 15.2. The third-order valence-corrected chi connectivity index (χ3v) is 1.89. The molecule has 1 radical (unpaired) electrons. The number of nitrogens with zero attached hydrogens (tertiary/aromatic N) is 1. The summed E-state index contributed by atoms with van der Waals surface area (Å²) in [6.45, 7) is 1.52. The molecule has 0 saturated carbocycles. The lowest BCUT2D eigenvalue weighted by Crippen LogP contribution is -1.95. The molecule has 0 unspecified atom stereocenters. The van der Waals surface area contributed by atoms with Crippen LogP contribution >= 0.6 is 0 Å². The summed E-state index contributed by atoms with van der Waals surface area (Å²) in [6, 6.07) is 12.1. The average Bonchev–Trinajstić information content (AvgIpc) is 2.17. The van der Waals surface area contributed by atoms with Crippen LogP contribution in [-0.4, -0.2) is 10.8 Å². The number of hydrogen-bond acceptors (Lipinski definition) is 2. The lowest BCUT2D eigenvalue weighted by Gasteiger charge is -1.97. The molecule has 0 bridgehead atoms. The lowest BCUT2D eigenvalue weighted by atomic mass is 10.2. The number of hydrogen-bond donors (Lipinski definition) is 0. The first-order valence-electron chi connectivity index (χ1n) is 4.05. The Morgan fingerprint density at radius 1 is 1.38 bits per heavy atom. The van der Waals surface area contributed by atoms with Crippen LogP contribution in [0.15, 0.2) is 30.3 Å². The molecular formula is C11H8NO. The Bertz CT molecular complexity index is 462. The van der Waals surface area contributed by atoms with E-state index in [-0.39, 0.29) is 5.78 Å². The Balaban J connectivity index is 2.69. The summed E-state index contributed by atoms with van der Waals surface area (Å²) < 4.78 is 0. The van der Waals surface area contributed by atoms with E-state index < -0.39 is 0 Å². The van der Waals surface area contributed by atoms with Gasteiger partial charge >= 0.3 is 0 Å². The molecule has 0 spiro atoms. The zero-order valence-corrected chi connectivity index (χ0v) is 7.24. The summed E-state index contributed by atoms with van der Waals surface area (Å²) >= 11 is 0. The SMILES string of the molecule is CC(=O)c1ccc2c[c]ccc2n1. The minimum absolute atomic E-state index is 0.00488. The fraction of sp³-hybridized carbons (Fsp3) is 0.0909. The number of ketones is 1. The Kier molecular flexibility index (Phi) is 1.81. The van der Waals surface area contributed by atoms with Gasteiger partial charge in [0.25, 0.3) is 0 Å². The highest BCUT2D eigenvalue weighted by Crippen LogP contribution is 2.11. The van der Waals surface area contributed by atoms with Crippen molar-refractivity contribution in [1.82, 2.24) is 4.98 Å². The van der Waals surface area contributed by atoms with Crippen molar-refractivity contribution in [2.75, 3.05) is 0 Å². The predicted octanol–water partition coefficient (Wildman–Crippen LogP) is 2.24. The zero-order valence-electron chi connectivity index (χ0n) is 7.24. The van der Waals surface area contributed by atoms with Gasteiger partial charge in [-0.3, -0.25) is 4.79 Å². The maximum absolute atomic E-state index is 11.0. The molecule has 0 N–H and O–H groups in total. The van der Waals surface area contributed by atoms with Crippen LogP contribution in [0.1, 0.15) is 17.4 Å². The van der Waals surface area contributed by atoms with E-state index in [0.29, 0.717) is 5.69 Å². The number of carbonyl (C=O) groups is 1. The second-order valence-electron chi connectivity index (χ2n) is 2.87. The average molecular weight is 170 g/mol. The van der Waals surface area contributed by atoms with Gasteiger partial charge in [0.1, 0.15) is 5.69 Å². The molecular weight excluding hydrogens is 162 g/mol. The van der Waals surface area contributed by atoms with Gasteiger partial charge in [0.05, 0.1) is 5.52 Å². The number of benzene rings is 1. The van der Waals surface area contributed by atoms with Crippen molar-refractivity contribution in [1.29, 1.82) is 0 Å². The van der Waals surface area contributed by atoms with Crippen LogP contribution in [0.25, 0.3) is 10.9 Å². The van der Waals surface area contributed by atoms with Crippen molar-refractivity contribution < 1.29 is 4.79 Å². The van der Waals surface area contributed by atoms with E-state index in [4.69, 9.17) is 0 Å². The van der Waals surface area contributed by atoms with Gasteiger partial charge in [0, 0.05) is 12.3 Å². The van der Waals surface area contributed by atoms with Crippen LogP contribution in [-0.2, 0) is 0 Å². The first kappa shape index (κ1) is 7.92. The molecule has 0 saturated heterocycles. The zero-order chi connectivity index (χ0) is 9.26. The van der Waals surface area contributed by atoms with Crippen molar-refractivity contribution in [2.24, 2.45) is 0 Å². The number of carbonyl (C=O) groups excluding carboxylic acids is 1. The quantitative estimate of drug-likeness (QED) is 0.614. The maximum atomic E-state index is 11.0. The number of fused-ring (bicyclic) bond motifs is 1. The molecule has 0 atom stereocenters. The Morgan fingerprint density at radius 3 is 3.00 bits per heavy atom. The van der Waals surface area contributed by atoms with Crippen LogP contribution in [0.2, 0.25) is 0 Å². The molecule has 0 fully saturated rings. The largest absolute Gasteiger partial charge is 0.293 e. The minimum atomic E-state index is -0.00488. The predicted molar refractivity (Wildman–Crippen MR) is 50.6 cm³/mol. The number of pyridine rings is 1. The molecule has 2 heteroatoms. The van der Waals surface area contributed by atoms with E-state index in [1.165, 1.54) is 6.92 Å². The smallest absolute Gasteiger partial charge is 0.178 e. The van der Waals surface area contributed by atoms with Gasteiger partial charge in [-0.05, 0) is 24.3 Å². The van der Waals surface area contributed by atoms with Crippen LogP contribution < -0.4 is 0 Å². The fourth-order valence-corrected chi connectivity index (χ4v) is 1.20. The molecule has 2 nitrogen and oxygen atoms in total. The molecule has 2 rings (SSSR count). The van der Waals surface area contributed by atoms with E-state index in [1.807, 2.05) is 18.2 Å². The molecule has 2 aromatic rings. The van der Waals surface area contributed by atoms with E-state index in [2.05, 4.69) is 11.1 Å². The van der Waals surface area contributed by atoms with Gasteiger partial charge in [-0.25, -0.2) is 4.98 Å². The fourth-order valence-electron chi connectivity index (χ4n) is 1.20. The van der Waals surface area contributed by atoms with E-state index in [1.54, 1.807) is 12.1 Å². The monoisotopic (exact) mass is 170 g/mol. The van der Waals surface area contributed by atoms with Crippen LogP contribution in [0.4, 0.5) is 0 Å². The molecule has 1 aromatic heterocycles. The molecule has 13 heavy (non-hydrogen) atoms. The van der Waals surface area contributed by atoms with Gasteiger partial charge in [-0.1, -0.05) is 12.1 Å². The van der Waals surface area contributed by atoms with Crippen LogP contribution in [0.3, 0.4) is 0 Å². The lowest BCUT2D eigenvalue weighted by molar-refractivity contribution is 0.101. The van der Waals surface area contributed by atoms with Gasteiger partial charge in [-0.15, -0.1) is 0 Å². The number of rotatable bonds is 1. The minimum Gasteiger partial charge on any atom is -0.293 e. The second kappa shape index (κ2) is 2.98. The van der Waals surface area contributed by atoms with Crippen molar-refractivity contribution in [2.45, 2.75) is 6.92 Å². The normalized spacial score (nSPS) is 10.2. The summed E-state index contributed by atoms with van der Waals surface area (Å²) in [5.41, 5.74) is 1.35. The van der Waals surface area contributed by atoms with Gasteiger partial charge in [0.2, 0.25) is 0 Å². The summed E-state index contributed by atoms with van der Waals surface area (Å²) in [5, 5.41) is 1.01. The highest BCUT2D eigenvalue weighted by atomic mass is 16.1. The second-order valence-corrected chi connectivity index (χ2v) is 2.87. The first-order chi connectivity index (χ1) is 6.27. The standard InChI is InChI=1S/C11H8NO/c1-8(13)10-7-6-9-4-2-3-5-11(9)12-10/h3-7H,1H3. The van der Waals surface area contributed by atoms with Crippen molar-refractivity contribution in [3.05, 3.63) is 42.1 Å². The Labute approximate surface area is 76.2 Å². The van der Waals surface area contributed by atoms with E-state index >= 15 is 0 Å². The summed E-state index contributed by atoms with van der Waals surface area (Å²) in [5.74, 6) is -0.00488. The highest BCUT2D eigenvalue weighted by Gasteiger charge is 2.00. The Hall–Kier alpha value is -1.70. The van der Waals surface area contributed by atoms with Crippen molar-refractivity contribution >= 4 is 16.7 Å². The highest BCUT2D eigenvalue weighted by molar-refractivity contribution is 5.94. The van der Waals surface area contributed by atoms with Gasteiger partial charge in [-0.2, -0.15) is 0 Å². The summed E-state index contributed by atoms with van der Waals surface area (Å²) in [7, 11) is 0. The molecule has 1 heterocycles. The van der Waals surface area contributed by atoms with Crippen LogP contribution in [0.5, 0.6) is 0 Å². The number of aromatic nitrogens is 1. The molecule has 1 aromatic carbocycles. The molecule has 63 valence electrons. The summed E-state index contributed by atoms with van der Waals surface area (Å²) in [6.07, 6.45) is 0. The Morgan fingerprint density at radius 2 is 2.23 bits per heavy atom. The molecule has 0 aliphatic rings. The maximum Gasteiger partial charge on any atom is 0.178 e.